The number of halogens is 9. The summed E-state index contributed by atoms with van der Waals surface area (Å²) in [5.74, 6) is -2.57. The molecule has 0 aliphatic rings. The quantitative estimate of drug-likeness (QED) is 0.320. The van der Waals surface area contributed by atoms with Crippen molar-refractivity contribution in [3.63, 3.8) is 0 Å². The Morgan fingerprint density at radius 1 is 1.00 bits per heavy atom. The lowest BCUT2D eigenvalue weighted by Gasteiger charge is -2.39. The van der Waals surface area contributed by atoms with E-state index in [2.05, 4.69) is 10.4 Å². The number of benzene rings is 2. The highest BCUT2D eigenvalue weighted by Gasteiger charge is 2.71. The summed E-state index contributed by atoms with van der Waals surface area (Å²) in [7, 11) is -10.5. The van der Waals surface area contributed by atoms with Gasteiger partial charge in [0, 0.05) is 19.3 Å². The molecule has 1 aromatic heterocycles. The van der Waals surface area contributed by atoms with E-state index >= 15 is 0 Å². The molecule has 3 rings (SSSR count). The van der Waals surface area contributed by atoms with E-state index in [0.29, 0.717) is 7.05 Å². The van der Waals surface area contributed by atoms with Crippen LogP contribution in [0.3, 0.4) is 0 Å². The van der Waals surface area contributed by atoms with Crippen molar-refractivity contribution in [2.24, 2.45) is 7.05 Å². The van der Waals surface area contributed by atoms with E-state index in [-0.39, 0.29) is 27.5 Å². The molecule has 0 fully saturated rings. The first-order valence-corrected chi connectivity index (χ1v) is 11.9. The van der Waals surface area contributed by atoms with Crippen molar-refractivity contribution >= 4 is 39.3 Å². The highest BCUT2D eigenvalue weighted by atomic mass is 35.5. The Morgan fingerprint density at radius 2 is 1.61 bits per heavy atom. The summed E-state index contributed by atoms with van der Waals surface area (Å²) in [6.07, 6.45) is -6.01. The monoisotopic (exact) mass is 562 g/mol. The Labute approximate surface area is 203 Å². The van der Waals surface area contributed by atoms with Crippen molar-refractivity contribution in [3.05, 3.63) is 75.9 Å². The smallest absolute Gasteiger partial charge is 0.348 e. The van der Waals surface area contributed by atoms with Crippen molar-refractivity contribution in [1.82, 2.24) is 15.1 Å². The maximum atomic E-state index is 13.4. The Morgan fingerprint density at radius 3 is 2.17 bits per heavy atom. The molecule has 2 amide bonds. The summed E-state index contributed by atoms with van der Waals surface area (Å²) >= 11 is 5.98. The van der Waals surface area contributed by atoms with Gasteiger partial charge in [-0.15, -0.1) is 0 Å². The lowest BCUT2D eigenvalue weighted by Crippen LogP contribution is -2.24. The minimum Gasteiger partial charge on any atom is -0.348 e. The van der Waals surface area contributed by atoms with E-state index < -0.39 is 44.5 Å². The van der Waals surface area contributed by atoms with E-state index in [9.17, 15) is 42.2 Å². The van der Waals surface area contributed by atoms with Crippen LogP contribution in [0.2, 0.25) is 5.02 Å². The summed E-state index contributed by atoms with van der Waals surface area (Å²) < 4.78 is 106. The second-order valence-corrected chi connectivity index (χ2v) is 10.2. The number of aryl methyl sites for hydroxylation is 1. The maximum absolute atomic E-state index is 13.4. The molecule has 0 unspecified atom stereocenters. The number of nitrogens with one attached hydrogen (secondary N) is 2. The van der Waals surface area contributed by atoms with Gasteiger partial charge in [0.2, 0.25) is 5.03 Å². The van der Waals surface area contributed by atoms with Gasteiger partial charge in [-0.05, 0) is 23.8 Å². The third-order valence-corrected chi connectivity index (χ3v) is 5.99. The third kappa shape index (κ3) is 6.07. The van der Waals surface area contributed by atoms with Crippen LogP contribution in [0.1, 0.15) is 32.0 Å². The highest BCUT2D eigenvalue weighted by molar-refractivity contribution is 8.45. The lowest BCUT2D eigenvalue weighted by molar-refractivity contribution is -0.140. The average molecular weight is 563 g/mol. The number of alkyl halides is 3. The summed E-state index contributed by atoms with van der Waals surface area (Å²) in [4.78, 5) is 25.0. The number of carbonyl (C=O) groups is 2. The average Bonchev–Trinajstić information content (AvgIpc) is 3.12. The fourth-order valence-corrected chi connectivity index (χ4v) is 4.20. The second-order valence-electron chi connectivity index (χ2n) is 7.44. The molecule has 0 saturated carbocycles. The topological polar surface area (TPSA) is 76.0 Å². The van der Waals surface area contributed by atoms with Gasteiger partial charge in [0.25, 0.3) is 11.8 Å². The fourth-order valence-electron chi connectivity index (χ4n) is 3.13. The van der Waals surface area contributed by atoms with Gasteiger partial charge in [-0.1, -0.05) is 61.4 Å². The van der Waals surface area contributed by atoms with Crippen molar-refractivity contribution in [3.8, 4) is 0 Å². The Balaban J connectivity index is 1.94. The zero-order valence-electron chi connectivity index (χ0n) is 17.8. The predicted octanol–water partition coefficient (Wildman–Crippen LogP) is 6.93. The number of carbonyl (C=O) groups excluding carboxylic acids is 2. The molecule has 2 N–H and O–H groups in total. The first kappa shape index (κ1) is 27.3. The van der Waals surface area contributed by atoms with Crippen LogP contribution in [0.5, 0.6) is 0 Å². The van der Waals surface area contributed by atoms with Crippen LogP contribution in [0.25, 0.3) is 0 Å². The number of anilines is 1. The molecule has 1 heterocycles. The first-order chi connectivity index (χ1) is 16.3. The predicted molar refractivity (Wildman–Crippen MR) is 117 cm³/mol. The zero-order chi connectivity index (χ0) is 27.2. The van der Waals surface area contributed by atoms with E-state index in [0.717, 1.165) is 23.8 Å². The van der Waals surface area contributed by atoms with Crippen molar-refractivity contribution in [2.75, 3.05) is 5.32 Å². The molecule has 2 aromatic carbocycles. The second kappa shape index (κ2) is 8.37. The minimum atomic E-state index is -10.9. The van der Waals surface area contributed by atoms with Gasteiger partial charge in [-0.3, -0.25) is 14.3 Å². The number of aromatic nitrogens is 2. The SMILES string of the molecule is Cn1nc(S(F)(F)(F)(F)F)c(C(F)(F)F)c1C(=O)Nc1ccc(Cl)c(C(=O)NCc2ccccc2)c1. The van der Waals surface area contributed by atoms with E-state index in [1.54, 1.807) is 30.3 Å². The minimum absolute atomic E-state index is 0.0771. The van der Waals surface area contributed by atoms with Gasteiger partial charge in [0.15, 0.2) is 0 Å². The van der Waals surface area contributed by atoms with Gasteiger partial charge in [0.05, 0.1) is 10.6 Å². The molecule has 3 aromatic rings. The van der Waals surface area contributed by atoms with Crippen LogP contribution >= 0.6 is 21.8 Å². The molecule has 0 radical (unpaired) electrons. The number of nitrogens with zero attached hydrogens (tertiary/aromatic N) is 2. The molecule has 0 aliphatic heterocycles. The third-order valence-electron chi connectivity index (χ3n) is 4.64. The van der Waals surface area contributed by atoms with Crippen molar-refractivity contribution < 1.29 is 42.2 Å². The summed E-state index contributed by atoms with van der Waals surface area (Å²) in [6, 6.07) is 11.7. The molecule has 0 atom stereocenters. The molecule has 0 aliphatic carbocycles. The molecule has 0 bridgehead atoms. The zero-order valence-corrected chi connectivity index (χ0v) is 19.4. The van der Waals surface area contributed by atoms with E-state index in [1.807, 2.05) is 5.32 Å². The van der Waals surface area contributed by atoms with Crippen LogP contribution in [0.15, 0.2) is 53.6 Å². The van der Waals surface area contributed by atoms with Gasteiger partial charge in [0.1, 0.15) is 11.3 Å². The first-order valence-electron chi connectivity index (χ1n) is 9.59. The standard InChI is InChI=1S/C20H15ClF8N4O2S/c1-33-16(15(20(22,23)24)19(32-33)36(25,26,27,28)29)18(35)31-12-7-8-14(21)13(9-12)17(34)30-10-11-5-3-2-4-6-11/h2-9H,10H2,1H3,(H,30,34)(H,31,35). The maximum Gasteiger partial charge on any atom is 0.421 e. The molecule has 36 heavy (non-hydrogen) atoms. The number of amides is 2. The Bertz CT molecular complexity index is 1340. The van der Waals surface area contributed by atoms with E-state index in [4.69, 9.17) is 11.6 Å². The molecular formula is C20H15ClF8N4O2S. The Kier molecular flexibility index (Phi) is 6.34. The van der Waals surface area contributed by atoms with Gasteiger partial charge < -0.3 is 10.6 Å². The summed E-state index contributed by atoms with van der Waals surface area (Å²) in [6.45, 7) is 0.0771. The fraction of sp³-hybridized carbons (Fsp3) is 0.150. The molecule has 6 nitrogen and oxygen atoms in total. The normalized spacial score (nSPS) is 14.1. The molecule has 0 spiro atoms. The van der Waals surface area contributed by atoms with Crippen LogP contribution in [-0.2, 0) is 19.8 Å². The van der Waals surface area contributed by atoms with Crippen molar-refractivity contribution in [1.29, 1.82) is 0 Å². The van der Waals surface area contributed by atoms with Gasteiger partial charge >= 0.3 is 16.4 Å². The molecule has 16 heteroatoms. The van der Waals surface area contributed by atoms with Crippen LogP contribution in [-0.4, -0.2) is 21.6 Å². The lowest BCUT2D eigenvalue weighted by atomic mass is 10.1. The molecule has 196 valence electrons. The van der Waals surface area contributed by atoms with Crippen molar-refractivity contribution in [2.45, 2.75) is 17.7 Å². The molecule has 0 saturated heterocycles. The Hall–Kier alpha value is -3.33. The van der Waals surface area contributed by atoms with Crippen LogP contribution in [0.4, 0.5) is 38.3 Å². The molecular weight excluding hydrogens is 548 g/mol. The number of hydrogen-bond acceptors (Lipinski definition) is 3. The summed E-state index contributed by atoms with van der Waals surface area (Å²) in [5, 5.41) is 3.09. The largest absolute Gasteiger partial charge is 0.421 e. The number of hydrogen-bond donors (Lipinski definition) is 2. The number of rotatable bonds is 6. The van der Waals surface area contributed by atoms with Crippen LogP contribution < -0.4 is 10.6 Å². The van der Waals surface area contributed by atoms with Gasteiger partial charge in [-0.2, -0.15) is 18.3 Å². The highest BCUT2D eigenvalue weighted by Crippen LogP contribution is 3.02. The van der Waals surface area contributed by atoms with Crippen LogP contribution in [0, 0.1) is 0 Å². The van der Waals surface area contributed by atoms with Gasteiger partial charge in [-0.25, -0.2) is 0 Å². The summed E-state index contributed by atoms with van der Waals surface area (Å²) in [5.41, 5.74) is -4.59. The van der Waals surface area contributed by atoms with E-state index in [1.165, 1.54) is 0 Å².